The standard InChI is InChI=1S/C13H16ClN5O/c14-9-3-1-4-10-8(9)7-11(18-10)12(20)19(13(16)17)6-2-5-15/h1,3-4,7,18H,2,5-6,15H2,(H3,16,17). The van der Waals surface area contributed by atoms with E-state index in [-0.39, 0.29) is 11.9 Å². The summed E-state index contributed by atoms with van der Waals surface area (Å²) in [5.74, 6) is -0.661. The van der Waals surface area contributed by atoms with Gasteiger partial charge in [0.15, 0.2) is 5.96 Å². The highest BCUT2D eigenvalue weighted by Crippen LogP contribution is 2.24. The number of carbonyl (C=O) groups is 1. The predicted molar refractivity (Wildman–Crippen MR) is 79.9 cm³/mol. The molecule has 1 heterocycles. The van der Waals surface area contributed by atoms with Gasteiger partial charge in [-0.2, -0.15) is 0 Å². The second-order valence-electron chi connectivity index (χ2n) is 4.37. The first-order chi connectivity index (χ1) is 9.54. The van der Waals surface area contributed by atoms with Gasteiger partial charge in [-0.3, -0.25) is 15.1 Å². The Morgan fingerprint density at radius 3 is 2.80 bits per heavy atom. The smallest absolute Gasteiger partial charge is 0.276 e. The maximum Gasteiger partial charge on any atom is 0.276 e. The molecular weight excluding hydrogens is 278 g/mol. The number of fused-ring (bicyclic) bond motifs is 1. The van der Waals surface area contributed by atoms with Crippen LogP contribution in [-0.4, -0.2) is 34.8 Å². The van der Waals surface area contributed by atoms with E-state index in [1.807, 2.05) is 6.07 Å². The largest absolute Gasteiger partial charge is 0.370 e. The number of halogens is 1. The van der Waals surface area contributed by atoms with E-state index >= 15 is 0 Å². The van der Waals surface area contributed by atoms with Crippen LogP contribution in [0.1, 0.15) is 16.9 Å². The van der Waals surface area contributed by atoms with Crippen LogP contribution in [0.5, 0.6) is 0 Å². The molecule has 106 valence electrons. The van der Waals surface area contributed by atoms with Crippen molar-refractivity contribution in [3.05, 3.63) is 35.0 Å². The molecule has 2 aromatic rings. The monoisotopic (exact) mass is 293 g/mol. The van der Waals surface area contributed by atoms with Crippen molar-refractivity contribution in [2.75, 3.05) is 13.1 Å². The van der Waals surface area contributed by atoms with E-state index in [1.54, 1.807) is 18.2 Å². The molecule has 0 bridgehead atoms. The number of nitrogens with zero attached hydrogens (tertiary/aromatic N) is 1. The number of nitrogens with one attached hydrogen (secondary N) is 2. The van der Waals surface area contributed by atoms with Crippen LogP contribution in [-0.2, 0) is 0 Å². The van der Waals surface area contributed by atoms with Crippen LogP contribution < -0.4 is 11.5 Å². The fourth-order valence-corrected chi connectivity index (χ4v) is 2.19. The zero-order chi connectivity index (χ0) is 14.7. The summed E-state index contributed by atoms with van der Waals surface area (Å²) in [6.07, 6.45) is 0.576. The highest BCUT2D eigenvalue weighted by atomic mass is 35.5. The maximum absolute atomic E-state index is 12.4. The van der Waals surface area contributed by atoms with Crippen molar-refractivity contribution in [1.29, 1.82) is 5.41 Å². The van der Waals surface area contributed by atoms with Crippen molar-refractivity contribution in [1.82, 2.24) is 9.88 Å². The Balaban J connectivity index is 2.33. The Hall–Kier alpha value is -2.05. The first-order valence-electron chi connectivity index (χ1n) is 6.17. The molecule has 0 fully saturated rings. The van der Waals surface area contributed by atoms with Gasteiger partial charge in [-0.15, -0.1) is 0 Å². The van der Waals surface area contributed by atoms with E-state index in [2.05, 4.69) is 4.98 Å². The summed E-state index contributed by atoms with van der Waals surface area (Å²) in [5.41, 5.74) is 12.0. The minimum atomic E-state index is -0.363. The number of aromatic nitrogens is 1. The highest BCUT2D eigenvalue weighted by molar-refractivity contribution is 6.35. The lowest BCUT2D eigenvalue weighted by atomic mass is 10.2. The minimum Gasteiger partial charge on any atom is -0.370 e. The number of hydrogen-bond acceptors (Lipinski definition) is 3. The molecule has 6 nitrogen and oxygen atoms in total. The second-order valence-corrected chi connectivity index (χ2v) is 4.78. The van der Waals surface area contributed by atoms with E-state index in [4.69, 9.17) is 28.5 Å². The number of guanidine groups is 1. The van der Waals surface area contributed by atoms with Gasteiger partial charge in [0.25, 0.3) is 5.91 Å². The molecule has 0 atom stereocenters. The van der Waals surface area contributed by atoms with Gasteiger partial charge in [0, 0.05) is 22.5 Å². The van der Waals surface area contributed by atoms with Crippen LogP contribution in [0.2, 0.25) is 5.02 Å². The van der Waals surface area contributed by atoms with Crippen LogP contribution >= 0.6 is 11.6 Å². The third-order valence-electron chi connectivity index (χ3n) is 2.96. The van der Waals surface area contributed by atoms with Crippen molar-refractivity contribution < 1.29 is 4.79 Å². The van der Waals surface area contributed by atoms with Crippen LogP contribution in [0.3, 0.4) is 0 Å². The molecule has 0 radical (unpaired) electrons. The van der Waals surface area contributed by atoms with Crippen molar-refractivity contribution in [3.63, 3.8) is 0 Å². The molecule has 6 N–H and O–H groups in total. The maximum atomic E-state index is 12.4. The van der Waals surface area contributed by atoms with Gasteiger partial charge in [0.1, 0.15) is 5.69 Å². The molecule has 0 saturated heterocycles. The van der Waals surface area contributed by atoms with Crippen molar-refractivity contribution in [2.24, 2.45) is 11.5 Å². The van der Waals surface area contributed by atoms with Crippen molar-refractivity contribution in [3.8, 4) is 0 Å². The number of amides is 1. The molecule has 1 aromatic heterocycles. The van der Waals surface area contributed by atoms with Gasteiger partial charge >= 0.3 is 0 Å². The molecule has 0 aliphatic heterocycles. The summed E-state index contributed by atoms with van der Waals surface area (Å²) in [7, 11) is 0. The van der Waals surface area contributed by atoms with E-state index in [1.165, 1.54) is 4.90 Å². The number of H-pyrrole nitrogens is 1. The third-order valence-corrected chi connectivity index (χ3v) is 3.29. The molecule has 1 aromatic carbocycles. The molecule has 2 rings (SSSR count). The topological polar surface area (TPSA) is 112 Å². The van der Waals surface area contributed by atoms with Crippen molar-refractivity contribution in [2.45, 2.75) is 6.42 Å². The summed E-state index contributed by atoms with van der Waals surface area (Å²) in [5, 5.41) is 8.82. The number of rotatable bonds is 4. The first kappa shape index (κ1) is 14.4. The fourth-order valence-electron chi connectivity index (χ4n) is 1.96. The van der Waals surface area contributed by atoms with E-state index < -0.39 is 0 Å². The molecule has 20 heavy (non-hydrogen) atoms. The molecule has 0 aliphatic rings. The number of carbonyl (C=O) groups excluding carboxylic acids is 1. The van der Waals surface area contributed by atoms with E-state index in [0.29, 0.717) is 30.2 Å². The molecular formula is C13H16ClN5O. The first-order valence-corrected chi connectivity index (χ1v) is 6.55. The van der Waals surface area contributed by atoms with Gasteiger partial charge in [-0.05, 0) is 31.2 Å². The van der Waals surface area contributed by atoms with Gasteiger partial charge < -0.3 is 16.5 Å². The van der Waals surface area contributed by atoms with Crippen LogP contribution in [0.15, 0.2) is 24.3 Å². The Bertz CT molecular complexity index is 651. The summed E-state index contributed by atoms with van der Waals surface area (Å²) in [6, 6.07) is 7.05. The normalized spacial score (nSPS) is 10.7. The lowest BCUT2D eigenvalue weighted by Gasteiger charge is -2.19. The molecule has 1 amide bonds. The Morgan fingerprint density at radius 2 is 2.20 bits per heavy atom. The van der Waals surface area contributed by atoms with Gasteiger partial charge in [-0.1, -0.05) is 17.7 Å². The Kier molecular flexibility index (Phi) is 4.26. The van der Waals surface area contributed by atoms with Crippen LogP contribution in [0, 0.1) is 5.41 Å². The lowest BCUT2D eigenvalue weighted by molar-refractivity contribution is 0.0839. The number of nitrogens with two attached hydrogens (primary N) is 2. The average Bonchev–Trinajstić information content (AvgIpc) is 2.84. The highest BCUT2D eigenvalue weighted by Gasteiger charge is 2.20. The Morgan fingerprint density at radius 1 is 1.45 bits per heavy atom. The van der Waals surface area contributed by atoms with Gasteiger partial charge in [0.2, 0.25) is 0 Å². The number of hydrogen-bond donors (Lipinski definition) is 4. The molecule has 0 unspecified atom stereocenters. The fraction of sp³-hybridized carbons (Fsp3) is 0.231. The molecule has 0 saturated carbocycles. The summed E-state index contributed by atoms with van der Waals surface area (Å²) < 4.78 is 0. The quantitative estimate of drug-likeness (QED) is 0.506. The molecule has 7 heteroatoms. The zero-order valence-electron chi connectivity index (χ0n) is 10.8. The summed E-state index contributed by atoms with van der Waals surface area (Å²) >= 11 is 6.07. The average molecular weight is 294 g/mol. The van der Waals surface area contributed by atoms with Crippen LogP contribution in [0.4, 0.5) is 0 Å². The zero-order valence-corrected chi connectivity index (χ0v) is 11.6. The molecule has 0 spiro atoms. The van der Waals surface area contributed by atoms with E-state index in [0.717, 1.165) is 10.9 Å². The van der Waals surface area contributed by atoms with Gasteiger partial charge in [-0.25, -0.2) is 0 Å². The van der Waals surface area contributed by atoms with Crippen molar-refractivity contribution >= 4 is 34.4 Å². The van der Waals surface area contributed by atoms with Gasteiger partial charge in [0.05, 0.1) is 0 Å². The second kappa shape index (κ2) is 5.94. The SMILES string of the molecule is N=C(N)N(CCCN)C(=O)c1cc2c(Cl)cccc2[nH]1. The minimum absolute atomic E-state index is 0.298. The lowest BCUT2D eigenvalue weighted by Crippen LogP contribution is -2.42. The summed E-state index contributed by atoms with van der Waals surface area (Å²) in [6.45, 7) is 0.739. The predicted octanol–water partition coefficient (Wildman–Crippen LogP) is 1.51. The number of aromatic amines is 1. The molecule has 0 aliphatic carbocycles. The Labute approximate surface area is 121 Å². The third kappa shape index (κ3) is 2.76. The van der Waals surface area contributed by atoms with Crippen LogP contribution in [0.25, 0.3) is 10.9 Å². The van der Waals surface area contributed by atoms with E-state index in [9.17, 15) is 4.79 Å². The number of benzene rings is 1. The summed E-state index contributed by atoms with van der Waals surface area (Å²) in [4.78, 5) is 16.5.